The predicted octanol–water partition coefficient (Wildman–Crippen LogP) is 6.50. The van der Waals surface area contributed by atoms with Crippen molar-refractivity contribution in [2.45, 2.75) is 199 Å². The summed E-state index contributed by atoms with van der Waals surface area (Å²) in [5, 5.41) is 43.2. The zero-order valence-electron chi connectivity index (χ0n) is 74.3. The van der Waals surface area contributed by atoms with Gasteiger partial charge in [-0.3, -0.25) is 13.7 Å². The number of ether oxygens (including phenoxy) is 22. The minimum absolute atomic E-state index is 0.0200. The third kappa shape index (κ3) is 85.9. The molecule has 122 heavy (non-hydrogen) atoms. The Morgan fingerprint density at radius 1 is 0.238 bits per heavy atom. The van der Waals surface area contributed by atoms with Gasteiger partial charge in [0.05, 0.1) is 189 Å². The molecular weight excluding hydrogens is 1770 g/mol. The molecule has 0 aliphatic rings. The number of hydrogen-bond acceptors (Lipinski definition) is 37. The highest BCUT2D eigenvalue weighted by Crippen LogP contribution is 2.15. The Morgan fingerprint density at radius 2 is 0.475 bits per heavy atom. The third-order valence-electron chi connectivity index (χ3n) is 16.4. The molecule has 0 aromatic heterocycles. The summed E-state index contributed by atoms with van der Waals surface area (Å²) in [4.78, 5) is 0. The number of thioether (sulfide) groups is 5. The van der Waals surface area contributed by atoms with Gasteiger partial charge in [0.2, 0.25) is 0 Å². The lowest BCUT2D eigenvalue weighted by Crippen LogP contribution is -2.38. The molecule has 0 aromatic carbocycles. The first-order valence-electron chi connectivity index (χ1n) is 43.3. The van der Waals surface area contributed by atoms with Gasteiger partial charge in [0, 0.05) is 66.1 Å². The van der Waals surface area contributed by atoms with Gasteiger partial charge in [-0.2, -0.15) is 84.1 Å². The molecule has 0 radical (unpaired) electrons. The van der Waals surface area contributed by atoms with Crippen LogP contribution in [0.4, 0.5) is 0 Å². The van der Waals surface area contributed by atoms with Gasteiger partial charge in [-0.25, -0.2) is 0 Å². The van der Waals surface area contributed by atoms with E-state index in [4.69, 9.17) is 118 Å². The molecule has 0 fully saturated rings. The van der Waals surface area contributed by atoms with Gasteiger partial charge in [-0.1, -0.05) is 13.8 Å². The summed E-state index contributed by atoms with van der Waals surface area (Å²) >= 11 is 8.48. The molecule has 0 aliphatic carbocycles. The lowest BCUT2D eigenvalue weighted by molar-refractivity contribution is -0.151. The smallest absolute Gasteiger partial charge is 0.264 e. The molecule has 13 atom stereocenters. The van der Waals surface area contributed by atoms with Crippen LogP contribution in [-0.2, 0) is 135 Å². The molecule has 0 aliphatic heterocycles. The Balaban J connectivity index is 6.72. The number of aliphatic hydroxyl groups excluding tert-OH is 4. The second-order valence-corrected chi connectivity index (χ2v) is 39.2. The van der Waals surface area contributed by atoms with Crippen LogP contribution in [0.2, 0.25) is 0 Å². The summed E-state index contributed by atoms with van der Waals surface area (Å²) in [6.45, 7) is 20.9. The molecule has 0 aromatic rings. The Hall–Kier alpha value is 0.440. The van der Waals surface area contributed by atoms with Crippen LogP contribution in [0.3, 0.4) is 0 Å². The van der Waals surface area contributed by atoms with Gasteiger partial charge in [0.15, 0.2) is 0 Å². The van der Waals surface area contributed by atoms with E-state index in [2.05, 4.69) is 13.8 Å². The Labute approximate surface area is 752 Å². The second-order valence-electron chi connectivity index (χ2n) is 28.4. The topological polar surface area (TPSA) is 447 Å². The maximum Gasteiger partial charge on any atom is 0.264 e. The van der Waals surface area contributed by atoms with Gasteiger partial charge in [-0.05, 0) is 163 Å². The lowest BCUT2D eigenvalue weighted by Gasteiger charge is -2.27. The van der Waals surface area contributed by atoms with Crippen LogP contribution < -0.4 is 0 Å². The van der Waals surface area contributed by atoms with Crippen LogP contribution in [0.15, 0.2) is 0 Å². The maximum absolute atomic E-state index is 11.2. The first-order chi connectivity index (χ1) is 58.8. The summed E-state index contributed by atoms with van der Waals surface area (Å²) in [5.41, 5.74) is 0. The van der Waals surface area contributed by atoms with Crippen molar-refractivity contribution in [3.63, 3.8) is 0 Å². The van der Waals surface area contributed by atoms with E-state index < -0.39 is 110 Å². The van der Waals surface area contributed by atoms with E-state index in [1.165, 1.54) is 0 Å². The summed E-state index contributed by atoms with van der Waals surface area (Å²) in [6.07, 6.45) is -1.72. The van der Waals surface area contributed by atoms with Crippen molar-refractivity contribution in [2.24, 2.45) is 0 Å². The first-order valence-corrected chi connectivity index (χ1v) is 53.9. The zero-order chi connectivity index (χ0) is 90.1. The molecule has 13 unspecified atom stereocenters. The van der Waals surface area contributed by atoms with Crippen LogP contribution in [0, 0.1) is 0 Å². The molecule has 0 saturated heterocycles. The Bertz CT molecular complexity index is 2570. The molecule has 0 heterocycles. The fourth-order valence-corrected chi connectivity index (χ4v) is 16.7. The minimum atomic E-state index is -4.02. The molecule has 0 saturated carbocycles. The van der Waals surface area contributed by atoms with E-state index in [0.717, 1.165) is 66.0 Å². The van der Waals surface area contributed by atoms with Crippen LogP contribution in [-0.4, -0.2) is 445 Å². The molecular formula is C79H160O35S8. The second kappa shape index (κ2) is 86.8. The van der Waals surface area contributed by atoms with Crippen LogP contribution >= 0.6 is 58.8 Å². The zero-order valence-corrected chi connectivity index (χ0v) is 80.9. The van der Waals surface area contributed by atoms with Crippen molar-refractivity contribution in [1.29, 1.82) is 0 Å². The van der Waals surface area contributed by atoms with Gasteiger partial charge in [-0.15, -0.1) is 0 Å². The number of hydrogen-bond donors (Lipinski definition) is 7. The molecule has 0 bridgehead atoms. The highest BCUT2D eigenvalue weighted by Gasteiger charge is 2.25. The monoisotopic (exact) mass is 1920 g/mol. The summed E-state index contributed by atoms with van der Waals surface area (Å²) < 4.78 is 227. The normalized spacial score (nSPS) is 15.8. The fourth-order valence-electron chi connectivity index (χ4n) is 10.4. The van der Waals surface area contributed by atoms with Crippen LogP contribution in [0.1, 0.15) is 120 Å². The van der Waals surface area contributed by atoms with Gasteiger partial charge in [0.1, 0.15) is 73.2 Å². The number of rotatable bonds is 100. The van der Waals surface area contributed by atoms with Gasteiger partial charge >= 0.3 is 0 Å². The van der Waals surface area contributed by atoms with E-state index >= 15 is 0 Å². The lowest BCUT2D eigenvalue weighted by atomic mass is 10.3. The summed E-state index contributed by atoms with van der Waals surface area (Å²) in [7, 11) is -12.0. The van der Waals surface area contributed by atoms with Gasteiger partial charge in [0.25, 0.3) is 30.4 Å². The van der Waals surface area contributed by atoms with Crippen LogP contribution in [0.5, 0.6) is 0 Å². The van der Waals surface area contributed by atoms with Crippen molar-refractivity contribution in [1.82, 2.24) is 0 Å². The average Bonchev–Trinajstić information content (AvgIpc) is 0.930. The molecule has 35 nitrogen and oxygen atoms in total. The molecule has 734 valence electrons. The van der Waals surface area contributed by atoms with Crippen molar-refractivity contribution in [2.75, 3.05) is 306 Å². The molecule has 43 heteroatoms. The standard InChI is InChI=1S/C79H160O35S8/c1-9-29-115-31-16-24-96-55-77(106-15-7)65-113-79(62-104-60-75(112-64-76(105-14-6)54-97-25-17-32-117-36-21-39-120(84,85)86)59-102-47-69(82)46-101-58-74(53-95-13-5)109-28-20-35-119-38-23-41-122(90,91)92)66-114-78(63-110-67(8)43-98-56-72(51-93-11-3)107-26-18-33-116-30-10-2)61-103-50-71(42-80)111-49-70(83)48-99-44-68(81)45-100-57-73(52-94-12-4)108-27-19-34-118-37-22-40-121(87,88)89/h67-83H,9-66H2,1-8H3,(H,84,85,86)(H,87,88,89)(H,90,91,92). The Kier molecular flexibility index (Phi) is 87.1. The largest absolute Gasteiger partial charge is 0.394 e. The molecule has 7 N–H and O–H groups in total. The fraction of sp³-hybridized carbons (Fsp3) is 1.00. The number of aliphatic hydroxyl groups is 4. The van der Waals surface area contributed by atoms with E-state index in [1.807, 2.05) is 65.1 Å². The minimum Gasteiger partial charge on any atom is -0.394 e. The first kappa shape index (κ1) is 122. The Morgan fingerprint density at radius 3 is 0.795 bits per heavy atom. The van der Waals surface area contributed by atoms with Gasteiger partial charge < -0.3 is 125 Å². The highest BCUT2D eigenvalue weighted by atomic mass is 32.2. The predicted molar refractivity (Wildman–Crippen MR) is 480 cm³/mol. The maximum atomic E-state index is 11.2. The van der Waals surface area contributed by atoms with Crippen molar-refractivity contribution in [3.05, 3.63) is 0 Å². The summed E-state index contributed by atoms with van der Waals surface area (Å²) in [5.74, 6) is 7.21. The van der Waals surface area contributed by atoms with Crippen molar-refractivity contribution < 1.29 is 164 Å². The molecule has 0 rings (SSSR count). The van der Waals surface area contributed by atoms with E-state index in [-0.39, 0.29) is 175 Å². The SMILES string of the molecule is CCCSCCCOCC(COC(COCC(COCC(O)COCC(COCC)OCCCSCCCS(=O)(=O)O)OCC(COCCCSCCCS(=O)(=O)O)OCC)COC(COCC(CO)OCC(O)COCC(O)COCC(COCC)OCCCSCCCS(=O)(=O)O)COC(C)COCC(COCC)OCCCSCCC)OCC. The van der Waals surface area contributed by atoms with E-state index in [0.29, 0.717) is 128 Å². The average molecular weight is 1930 g/mol. The highest BCUT2D eigenvalue weighted by molar-refractivity contribution is 8.00. The quantitative estimate of drug-likeness (QED) is 0.0252. The molecule has 0 amide bonds. The molecule has 0 spiro atoms. The van der Waals surface area contributed by atoms with E-state index in [9.17, 15) is 45.7 Å². The van der Waals surface area contributed by atoms with E-state index in [1.54, 1.807) is 35.3 Å². The third-order valence-corrected chi connectivity index (χ3v) is 24.8. The van der Waals surface area contributed by atoms with Crippen molar-refractivity contribution >= 4 is 89.2 Å². The van der Waals surface area contributed by atoms with Crippen molar-refractivity contribution in [3.8, 4) is 0 Å². The summed E-state index contributed by atoms with van der Waals surface area (Å²) in [6, 6.07) is 0. The van der Waals surface area contributed by atoms with Crippen LogP contribution in [0.25, 0.3) is 0 Å².